The molecule has 0 heterocycles. The summed E-state index contributed by atoms with van der Waals surface area (Å²) in [5.74, 6) is 0.0845. The van der Waals surface area contributed by atoms with Crippen LogP contribution in [-0.4, -0.2) is 11.7 Å². The number of hydrogen-bond donors (Lipinski definition) is 1. The number of benzene rings is 2. The molecule has 0 aliphatic rings. The molecule has 0 spiro atoms. The summed E-state index contributed by atoms with van der Waals surface area (Å²) in [4.78, 5) is 0. The number of phenolic OH excluding ortho intramolecular Hbond substituents is 1. The second kappa shape index (κ2) is 7.98. The first-order valence-corrected chi connectivity index (χ1v) is 7.56. The number of allylic oxidation sites excluding steroid dienone is 2. The lowest BCUT2D eigenvalue weighted by atomic mass is 10.0. The van der Waals surface area contributed by atoms with Crippen molar-refractivity contribution in [3.8, 4) is 17.6 Å². The highest BCUT2D eigenvalue weighted by Crippen LogP contribution is 2.33. The molecule has 0 bridgehead atoms. The van der Waals surface area contributed by atoms with E-state index in [-0.39, 0.29) is 11.6 Å². The van der Waals surface area contributed by atoms with Crippen LogP contribution in [0.2, 0.25) is 0 Å². The van der Waals surface area contributed by atoms with Crippen LogP contribution in [0, 0.1) is 17.1 Å². The molecule has 0 unspecified atom stereocenters. The minimum Gasteiger partial charge on any atom is -0.504 e. The van der Waals surface area contributed by atoms with Crippen molar-refractivity contribution in [1.29, 1.82) is 5.26 Å². The molecule has 1 N–H and O–H groups in total. The lowest BCUT2D eigenvalue weighted by Gasteiger charge is -2.11. The molecule has 24 heavy (non-hydrogen) atoms. The highest BCUT2D eigenvalue weighted by Gasteiger charge is 2.10. The summed E-state index contributed by atoms with van der Waals surface area (Å²) in [6.07, 6.45) is 3.84. The van der Waals surface area contributed by atoms with Gasteiger partial charge in [-0.1, -0.05) is 18.2 Å². The van der Waals surface area contributed by atoms with Crippen LogP contribution in [0.25, 0.3) is 11.6 Å². The molecule has 0 saturated heterocycles. The van der Waals surface area contributed by atoms with Crippen LogP contribution in [-0.2, 0) is 6.42 Å². The van der Waals surface area contributed by atoms with Gasteiger partial charge in [0.2, 0.25) is 0 Å². The van der Waals surface area contributed by atoms with Gasteiger partial charge in [-0.15, -0.1) is 6.58 Å². The summed E-state index contributed by atoms with van der Waals surface area (Å²) in [5.41, 5.74) is 2.40. The Morgan fingerprint density at radius 3 is 2.62 bits per heavy atom. The van der Waals surface area contributed by atoms with E-state index in [1.54, 1.807) is 36.4 Å². The molecule has 0 amide bonds. The summed E-state index contributed by atoms with van der Waals surface area (Å²) >= 11 is 0. The number of phenols is 1. The number of aromatic hydroxyl groups is 1. The topological polar surface area (TPSA) is 53.2 Å². The first-order valence-electron chi connectivity index (χ1n) is 7.56. The van der Waals surface area contributed by atoms with Crippen molar-refractivity contribution in [2.75, 3.05) is 6.61 Å². The van der Waals surface area contributed by atoms with Gasteiger partial charge in [-0.25, -0.2) is 4.39 Å². The molecule has 2 rings (SSSR count). The Labute approximate surface area is 140 Å². The van der Waals surface area contributed by atoms with E-state index < -0.39 is 0 Å². The van der Waals surface area contributed by atoms with Gasteiger partial charge in [-0.3, -0.25) is 0 Å². The van der Waals surface area contributed by atoms with Crippen LogP contribution in [0.4, 0.5) is 4.39 Å². The van der Waals surface area contributed by atoms with Gasteiger partial charge in [-0.2, -0.15) is 5.26 Å². The minimum absolute atomic E-state index is 0.0780. The average Bonchev–Trinajstić information content (AvgIpc) is 2.58. The van der Waals surface area contributed by atoms with Gasteiger partial charge in [0, 0.05) is 5.56 Å². The standard InChI is InChI=1S/C20H18FNO2/c1-3-5-16-10-14(12-19(20(16)23)24-4-2)11-17(13-22)15-6-8-18(21)9-7-15/h3,6-12,23H,1,4-5H2,2H3/b17-11-. The van der Waals surface area contributed by atoms with E-state index in [0.717, 1.165) is 0 Å². The van der Waals surface area contributed by atoms with Crippen LogP contribution in [0.3, 0.4) is 0 Å². The maximum absolute atomic E-state index is 13.0. The van der Waals surface area contributed by atoms with Gasteiger partial charge in [0.1, 0.15) is 5.82 Å². The van der Waals surface area contributed by atoms with E-state index in [0.29, 0.717) is 41.0 Å². The smallest absolute Gasteiger partial charge is 0.161 e. The van der Waals surface area contributed by atoms with Crippen molar-refractivity contribution < 1.29 is 14.2 Å². The van der Waals surface area contributed by atoms with E-state index in [2.05, 4.69) is 12.6 Å². The van der Waals surface area contributed by atoms with Crippen molar-refractivity contribution in [1.82, 2.24) is 0 Å². The molecular weight excluding hydrogens is 305 g/mol. The fraction of sp³-hybridized carbons (Fsp3) is 0.150. The van der Waals surface area contributed by atoms with Crippen molar-refractivity contribution >= 4 is 11.6 Å². The van der Waals surface area contributed by atoms with Crippen molar-refractivity contribution in [3.05, 3.63) is 71.6 Å². The summed E-state index contributed by atoms with van der Waals surface area (Å²) < 4.78 is 18.5. The van der Waals surface area contributed by atoms with Gasteiger partial charge in [0.05, 0.1) is 18.2 Å². The van der Waals surface area contributed by atoms with Crippen LogP contribution in [0.1, 0.15) is 23.6 Å². The minimum atomic E-state index is -0.354. The molecule has 2 aromatic carbocycles. The Hall–Kier alpha value is -3.06. The molecule has 122 valence electrons. The zero-order valence-electron chi connectivity index (χ0n) is 13.4. The summed E-state index contributed by atoms with van der Waals surface area (Å²) in [6.45, 7) is 5.92. The Morgan fingerprint density at radius 2 is 2.04 bits per heavy atom. The zero-order chi connectivity index (χ0) is 17.5. The molecule has 0 saturated carbocycles. The number of halogens is 1. The van der Waals surface area contributed by atoms with Gasteiger partial charge in [-0.05, 0) is 54.8 Å². The maximum Gasteiger partial charge on any atom is 0.161 e. The lowest BCUT2D eigenvalue weighted by Crippen LogP contribution is -1.95. The summed E-state index contributed by atoms with van der Waals surface area (Å²) in [7, 11) is 0. The maximum atomic E-state index is 13.0. The van der Waals surface area contributed by atoms with E-state index in [9.17, 15) is 14.8 Å². The second-order valence-electron chi connectivity index (χ2n) is 5.13. The summed E-state index contributed by atoms with van der Waals surface area (Å²) in [6, 6.07) is 11.3. The first-order chi connectivity index (χ1) is 11.6. The van der Waals surface area contributed by atoms with Crippen LogP contribution in [0.15, 0.2) is 49.1 Å². The number of rotatable bonds is 6. The number of nitriles is 1. The third kappa shape index (κ3) is 4.02. The van der Waals surface area contributed by atoms with E-state index >= 15 is 0 Å². The van der Waals surface area contributed by atoms with E-state index in [1.807, 2.05) is 6.92 Å². The first kappa shape index (κ1) is 17.3. The number of nitrogens with zero attached hydrogens (tertiary/aromatic N) is 1. The predicted octanol–water partition coefficient (Wildman–Crippen LogP) is 4.72. The molecule has 0 atom stereocenters. The van der Waals surface area contributed by atoms with Crippen molar-refractivity contribution in [2.24, 2.45) is 0 Å². The third-order valence-corrected chi connectivity index (χ3v) is 3.43. The van der Waals surface area contributed by atoms with Crippen molar-refractivity contribution in [3.63, 3.8) is 0 Å². The number of hydrogen-bond acceptors (Lipinski definition) is 3. The third-order valence-electron chi connectivity index (χ3n) is 3.43. The normalized spacial score (nSPS) is 11.0. The molecule has 4 heteroatoms. The second-order valence-corrected chi connectivity index (χ2v) is 5.13. The van der Waals surface area contributed by atoms with Gasteiger partial charge in [0.15, 0.2) is 11.5 Å². The van der Waals surface area contributed by atoms with Gasteiger partial charge in [0.25, 0.3) is 0 Å². The molecule has 0 radical (unpaired) electrons. The average molecular weight is 323 g/mol. The summed E-state index contributed by atoms with van der Waals surface area (Å²) in [5, 5.41) is 19.6. The molecule has 0 aliphatic heterocycles. The molecule has 0 fully saturated rings. The van der Waals surface area contributed by atoms with Crippen LogP contribution < -0.4 is 4.74 Å². The Bertz CT molecular complexity index is 802. The Kier molecular flexibility index (Phi) is 5.75. The van der Waals surface area contributed by atoms with E-state index in [1.165, 1.54) is 12.1 Å². The molecule has 0 aromatic heterocycles. The SMILES string of the molecule is C=CCc1cc(/C=C(/C#N)c2ccc(F)cc2)cc(OCC)c1O. The fourth-order valence-electron chi connectivity index (χ4n) is 2.33. The molecule has 3 nitrogen and oxygen atoms in total. The Morgan fingerprint density at radius 1 is 1.33 bits per heavy atom. The zero-order valence-corrected chi connectivity index (χ0v) is 13.4. The fourth-order valence-corrected chi connectivity index (χ4v) is 2.33. The number of ether oxygens (including phenoxy) is 1. The highest BCUT2D eigenvalue weighted by atomic mass is 19.1. The largest absolute Gasteiger partial charge is 0.504 e. The highest BCUT2D eigenvalue weighted by molar-refractivity contribution is 5.90. The van der Waals surface area contributed by atoms with Crippen LogP contribution >= 0.6 is 0 Å². The molecule has 2 aromatic rings. The molecular formula is C20H18FNO2. The van der Waals surface area contributed by atoms with Crippen molar-refractivity contribution in [2.45, 2.75) is 13.3 Å². The predicted molar refractivity (Wildman–Crippen MR) is 93.1 cm³/mol. The van der Waals surface area contributed by atoms with Crippen LogP contribution in [0.5, 0.6) is 11.5 Å². The quantitative estimate of drug-likeness (QED) is 0.475. The molecule has 0 aliphatic carbocycles. The monoisotopic (exact) mass is 323 g/mol. The van der Waals surface area contributed by atoms with Gasteiger partial charge >= 0.3 is 0 Å². The van der Waals surface area contributed by atoms with Gasteiger partial charge < -0.3 is 9.84 Å². The Balaban J connectivity index is 2.51. The lowest BCUT2D eigenvalue weighted by molar-refractivity contribution is 0.317. The van der Waals surface area contributed by atoms with E-state index in [4.69, 9.17) is 4.74 Å².